The molecule has 1 fully saturated rings. The molecule has 1 aromatic heterocycles. The van der Waals surface area contributed by atoms with E-state index in [1.54, 1.807) is 10.4 Å². The lowest BCUT2D eigenvalue weighted by atomic mass is 9.97. The summed E-state index contributed by atoms with van der Waals surface area (Å²) < 4.78 is 27.5. The molecule has 1 aliphatic rings. The minimum atomic E-state index is -3.28. The molecule has 0 saturated carbocycles. The van der Waals surface area contributed by atoms with Crippen molar-refractivity contribution in [3.8, 4) is 0 Å². The normalized spacial score (nSPS) is 21.2. The maximum Gasteiger partial charge on any atom is 0.252 e. The highest BCUT2D eigenvalue weighted by Crippen LogP contribution is 2.29. The average Bonchev–Trinajstić information content (AvgIpc) is 2.94. The number of thiophene rings is 1. The van der Waals surface area contributed by atoms with Crippen molar-refractivity contribution in [2.45, 2.75) is 36.8 Å². The molecule has 114 valence electrons. The number of likely N-dealkylation sites (N-methyl/N-ethyl adjacent to an activating group) is 1. The van der Waals surface area contributed by atoms with E-state index in [1.165, 1.54) is 11.3 Å². The molecule has 1 N–H and O–H groups in total. The largest absolute Gasteiger partial charge is 0.319 e. The Hall–Kier alpha value is -0.430. The first kappa shape index (κ1) is 15.9. The second kappa shape index (κ2) is 7.02. The molecule has 0 aliphatic carbocycles. The van der Waals surface area contributed by atoms with Gasteiger partial charge in [-0.3, -0.25) is 0 Å². The summed E-state index contributed by atoms with van der Waals surface area (Å²) in [5.41, 5.74) is 0. The molecule has 2 rings (SSSR count). The van der Waals surface area contributed by atoms with Crippen molar-refractivity contribution in [3.05, 3.63) is 17.0 Å². The maximum absolute atomic E-state index is 12.7. The molecule has 1 aromatic rings. The molecule has 0 bridgehead atoms. The predicted molar refractivity (Wildman–Crippen MR) is 83.7 cm³/mol. The quantitative estimate of drug-likeness (QED) is 0.876. The number of hydrogen-bond donors (Lipinski definition) is 1. The van der Waals surface area contributed by atoms with Crippen LogP contribution in [0.3, 0.4) is 0 Å². The van der Waals surface area contributed by atoms with Crippen LogP contribution >= 0.6 is 11.3 Å². The van der Waals surface area contributed by atoms with E-state index in [1.807, 2.05) is 13.1 Å². The fourth-order valence-electron chi connectivity index (χ4n) is 2.59. The first-order valence-electron chi connectivity index (χ1n) is 7.31. The van der Waals surface area contributed by atoms with Gasteiger partial charge in [0.2, 0.25) is 0 Å². The summed E-state index contributed by atoms with van der Waals surface area (Å²) >= 11 is 1.41. The van der Waals surface area contributed by atoms with Gasteiger partial charge in [-0.1, -0.05) is 13.3 Å². The lowest BCUT2D eigenvalue weighted by Gasteiger charge is -2.30. The molecule has 0 radical (unpaired) electrons. The SMILES string of the molecule is CCC1CCCN(S(=O)(=O)c2ccc(CCNC)s2)C1. The molecular weight excluding hydrogens is 292 g/mol. The number of piperidine rings is 1. The van der Waals surface area contributed by atoms with E-state index in [-0.39, 0.29) is 0 Å². The highest BCUT2D eigenvalue weighted by Gasteiger charge is 2.30. The Balaban J connectivity index is 2.11. The number of sulfonamides is 1. The van der Waals surface area contributed by atoms with Crippen molar-refractivity contribution in [2.75, 3.05) is 26.7 Å². The van der Waals surface area contributed by atoms with E-state index in [9.17, 15) is 8.42 Å². The average molecular weight is 316 g/mol. The summed E-state index contributed by atoms with van der Waals surface area (Å²) in [5.74, 6) is 0.516. The van der Waals surface area contributed by atoms with Crippen molar-refractivity contribution in [2.24, 2.45) is 5.92 Å². The number of rotatable bonds is 6. The first-order valence-corrected chi connectivity index (χ1v) is 9.57. The van der Waals surface area contributed by atoms with E-state index < -0.39 is 10.0 Å². The zero-order chi connectivity index (χ0) is 14.6. The third kappa shape index (κ3) is 3.61. The highest BCUT2D eigenvalue weighted by atomic mass is 32.2. The fraction of sp³-hybridized carbons (Fsp3) is 0.714. The Kier molecular flexibility index (Phi) is 5.60. The van der Waals surface area contributed by atoms with Crippen molar-refractivity contribution in [1.29, 1.82) is 0 Å². The van der Waals surface area contributed by atoms with Crippen LogP contribution in [-0.4, -0.2) is 39.4 Å². The van der Waals surface area contributed by atoms with Crippen LogP contribution in [-0.2, 0) is 16.4 Å². The van der Waals surface area contributed by atoms with E-state index in [0.29, 0.717) is 23.2 Å². The van der Waals surface area contributed by atoms with Crippen LogP contribution in [0.15, 0.2) is 16.3 Å². The third-order valence-electron chi connectivity index (χ3n) is 3.91. The maximum atomic E-state index is 12.7. The fourth-order valence-corrected chi connectivity index (χ4v) is 5.65. The number of nitrogens with zero attached hydrogens (tertiary/aromatic N) is 1. The standard InChI is InChI=1S/C14H24N2O2S2/c1-3-12-5-4-10-16(11-12)20(17,18)14-7-6-13(19-14)8-9-15-2/h6-7,12,15H,3-5,8-11H2,1-2H3. The van der Waals surface area contributed by atoms with Crippen LogP contribution in [0.2, 0.25) is 0 Å². The molecule has 4 nitrogen and oxygen atoms in total. The van der Waals surface area contributed by atoms with Crippen LogP contribution < -0.4 is 5.32 Å². The molecule has 6 heteroatoms. The van der Waals surface area contributed by atoms with Crippen molar-refractivity contribution in [1.82, 2.24) is 9.62 Å². The molecule has 0 amide bonds. The van der Waals surface area contributed by atoms with E-state index in [4.69, 9.17) is 0 Å². The summed E-state index contributed by atoms with van der Waals surface area (Å²) in [6.07, 6.45) is 4.08. The molecule has 20 heavy (non-hydrogen) atoms. The Morgan fingerprint density at radius 3 is 2.95 bits per heavy atom. The third-order valence-corrected chi connectivity index (χ3v) is 7.39. The molecular formula is C14H24N2O2S2. The Morgan fingerprint density at radius 2 is 2.25 bits per heavy atom. The van der Waals surface area contributed by atoms with Crippen LogP contribution in [0.25, 0.3) is 0 Å². The van der Waals surface area contributed by atoms with E-state index in [2.05, 4.69) is 12.2 Å². The topological polar surface area (TPSA) is 49.4 Å². The van der Waals surface area contributed by atoms with Gasteiger partial charge in [-0.25, -0.2) is 8.42 Å². The molecule has 0 spiro atoms. The lowest BCUT2D eigenvalue weighted by molar-refractivity contribution is 0.262. The Morgan fingerprint density at radius 1 is 1.45 bits per heavy atom. The molecule has 1 saturated heterocycles. The zero-order valence-electron chi connectivity index (χ0n) is 12.3. The Bertz CT molecular complexity index is 525. The zero-order valence-corrected chi connectivity index (χ0v) is 13.9. The summed E-state index contributed by atoms with van der Waals surface area (Å²) in [7, 11) is -1.37. The molecule has 2 heterocycles. The highest BCUT2D eigenvalue weighted by molar-refractivity contribution is 7.91. The number of hydrogen-bond acceptors (Lipinski definition) is 4. The van der Waals surface area contributed by atoms with Crippen LogP contribution in [0, 0.1) is 5.92 Å². The summed E-state index contributed by atoms with van der Waals surface area (Å²) in [6.45, 7) is 4.37. The summed E-state index contributed by atoms with van der Waals surface area (Å²) in [5, 5.41) is 3.09. The van der Waals surface area contributed by atoms with Gasteiger partial charge in [0.05, 0.1) is 0 Å². The van der Waals surface area contributed by atoms with Gasteiger partial charge in [0.1, 0.15) is 4.21 Å². The molecule has 1 atom stereocenters. The second-order valence-corrected chi connectivity index (χ2v) is 8.69. The summed E-state index contributed by atoms with van der Waals surface area (Å²) in [4.78, 5) is 1.13. The Labute approximate surface area is 126 Å². The van der Waals surface area contributed by atoms with Gasteiger partial charge in [0.15, 0.2) is 0 Å². The van der Waals surface area contributed by atoms with E-state index in [0.717, 1.165) is 37.1 Å². The van der Waals surface area contributed by atoms with Crippen LogP contribution in [0.1, 0.15) is 31.1 Å². The van der Waals surface area contributed by atoms with Gasteiger partial charge >= 0.3 is 0 Å². The van der Waals surface area contributed by atoms with Gasteiger partial charge in [0.25, 0.3) is 10.0 Å². The van der Waals surface area contributed by atoms with Crippen LogP contribution in [0.5, 0.6) is 0 Å². The van der Waals surface area contributed by atoms with Crippen LogP contribution in [0.4, 0.5) is 0 Å². The molecule has 1 aliphatic heterocycles. The minimum absolute atomic E-state index is 0.500. The van der Waals surface area contributed by atoms with Gasteiger partial charge in [-0.05, 0) is 50.9 Å². The van der Waals surface area contributed by atoms with Crippen molar-refractivity contribution >= 4 is 21.4 Å². The van der Waals surface area contributed by atoms with Crippen molar-refractivity contribution < 1.29 is 8.42 Å². The lowest BCUT2D eigenvalue weighted by Crippen LogP contribution is -2.39. The molecule has 1 unspecified atom stereocenters. The predicted octanol–water partition coefficient (Wildman–Crippen LogP) is 2.32. The first-order chi connectivity index (χ1) is 9.57. The van der Waals surface area contributed by atoms with Gasteiger partial charge in [-0.15, -0.1) is 11.3 Å². The summed E-state index contributed by atoms with van der Waals surface area (Å²) in [6, 6.07) is 3.71. The second-order valence-electron chi connectivity index (χ2n) is 5.35. The molecule has 0 aromatic carbocycles. The van der Waals surface area contributed by atoms with Gasteiger partial charge < -0.3 is 5.32 Å². The monoisotopic (exact) mass is 316 g/mol. The van der Waals surface area contributed by atoms with Gasteiger partial charge in [0, 0.05) is 18.0 Å². The number of nitrogens with one attached hydrogen (secondary N) is 1. The van der Waals surface area contributed by atoms with E-state index >= 15 is 0 Å². The van der Waals surface area contributed by atoms with Crippen molar-refractivity contribution in [3.63, 3.8) is 0 Å². The smallest absolute Gasteiger partial charge is 0.252 e. The van der Waals surface area contributed by atoms with Gasteiger partial charge in [-0.2, -0.15) is 4.31 Å². The minimum Gasteiger partial charge on any atom is -0.319 e.